The van der Waals surface area contributed by atoms with Gasteiger partial charge in [0.25, 0.3) is 5.91 Å². The maximum Gasteiger partial charge on any atom is 0.255 e. The van der Waals surface area contributed by atoms with E-state index in [1.807, 2.05) is 30.3 Å². The lowest BCUT2D eigenvalue weighted by Gasteiger charge is -2.08. The first-order chi connectivity index (χ1) is 13.5. The van der Waals surface area contributed by atoms with Crippen LogP contribution in [0.4, 0.5) is 5.69 Å². The molecule has 0 radical (unpaired) electrons. The van der Waals surface area contributed by atoms with E-state index in [0.29, 0.717) is 34.2 Å². The summed E-state index contributed by atoms with van der Waals surface area (Å²) in [6.07, 6.45) is 3.40. The average Bonchev–Trinajstić information content (AvgIpc) is 3.11. The van der Waals surface area contributed by atoms with Crippen LogP contribution in [0.3, 0.4) is 0 Å². The van der Waals surface area contributed by atoms with Crippen molar-refractivity contribution in [3.8, 4) is 11.5 Å². The number of rotatable bonds is 4. The molecular weight excluding hydrogens is 418 g/mol. The maximum atomic E-state index is 12.5. The third kappa shape index (κ3) is 3.82. The van der Waals surface area contributed by atoms with Gasteiger partial charge in [0.15, 0.2) is 5.58 Å². The minimum absolute atomic E-state index is 0.158. The van der Waals surface area contributed by atoms with Gasteiger partial charge in [0.05, 0.1) is 5.56 Å². The van der Waals surface area contributed by atoms with Crippen LogP contribution in [0.25, 0.3) is 22.6 Å². The Morgan fingerprint density at radius 3 is 2.57 bits per heavy atom. The first-order valence-electron chi connectivity index (χ1n) is 8.92. The summed E-state index contributed by atoms with van der Waals surface area (Å²) in [7, 11) is 0. The summed E-state index contributed by atoms with van der Waals surface area (Å²) in [5, 5.41) is 2.92. The van der Waals surface area contributed by atoms with Gasteiger partial charge in [0.2, 0.25) is 5.89 Å². The minimum atomic E-state index is -0.158. The van der Waals surface area contributed by atoms with Crippen LogP contribution in [-0.2, 0) is 0 Å². The zero-order valence-electron chi connectivity index (χ0n) is 15.4. The molecule has 0 aliphatic rings. The Hall–Kier alpha value is -2.99. The Balaban J connectivity index is 1.56. The van der Waals surface area contributed by atoms with Gasteiger partial charge in [0.1, 0.15) is 5.52 Å². The fourth-order valence-corrected chi connectivity index (χ4v) is 3.24. The van der Waals surface area contributed by atoms with Gasteiger partial charge in [-0.1, -0.05) is 26.0 Å². The second-order valence-corrected chi connectivity index (χ2v) is 7.74. The summed E-state index contributed by atoms with van der Waals surface area (Å²) in [5.41, 5.74) is 4.58. The molecule has 1 N–H and O–H groups in total. The molecule has 0 saturated carbocycles. The second kappa shape index (κ2) is 7.56. The Morgan fingerprint density at radius 1 is 1.07 bits per heavy atom. The number of carbonyl (C=O) groups excluding carboxylic acids is 1. The third-order valence-corrected chi connectivity index (χ3v) is 4.87. The Kier molecular flexibility index (Phi) is 4.96. The number of hydrogen-bond acceptors (Lipinski definition) is 4. The smallest absolute Gasteiger partial charge is 0.255 e. The van der Waals surface area contributed by atoms with Crippen LogP contribution in [0, 0.1) is 0 Å². The lowest BCUT2D eigenvalue weighted by molar-refractivity contribution is 0.102. The highest BCUT2D eigenvalue weighted by atomic mass is 79.9. The van der Waals surface area contributed by atoms with Crippen molar-refractivity contribution in [3.63, 3.8) is 0 Å². The largest absolute Gasteiger partial charge is 0.436 e. The second-order valence-electron chi connectivity index (χ2n) is 6.82. The predicted molar refractivity (Wildman–Crippen MR) is 113 cm³/mol. The van der Waals surface area contributed by atoms with E-state index < -0.39 is 0 Å². The molecule has 6 heteroatoms. The number of nitrogens with zero attached hydrogens (tertiary/aromatic N) is 2. The molecular formula is C22H18BrN3O2. The molecule has 0 saturated heterocycles. The van der Waals surface area contributed by atoms with Crippen molar-refractivity contribution < 1.29 is 9.21 Å². The number of pyridine rings is 1. The standard InChI is InChI=1S/C22H18BrN3O2/c1-13(2)14-3-5-15(6-4-14)21(27)25-18-7-8-20-19(10-18)26-22(28-20)16-9-17(23)12-24-11-16/h3-13H,1-2H3,(H,25,27). The highest BCUT2D eigenvalue weighted by molar-refractivity contribution is 9.10. The minimum Gasteiger partial charge on any atom is -0.436 e. The SMILES string of the molecule is CC(C)c1ccc(C(=O)Nc2ccc3oc(-c4cncc(Br)c4)nc3c2)cc1. The molecule has 0 aliphatic carbocycles. The average molecular weight is 436 g/mol. The van der Waals surface area contributed by atoms with Gasteiger partial charge in [-0.2, -0.15) is 0 Å². The third-order valence-electron chi connectivity index (χ3n) is 4.44. The van der Waals surface area contributed by atoms with Crippen molar-refractivity contribution in [2.24, 2.45) is 0 Å². The van der Waals surface area contributed by atoms with Gasteiger partial charge in [0, 0.05) is 28.1 Å². The topological polar surface area (TPSA) is 68.0 Å². The molecule has 140 valence electrons. The lowest BCUT2D eigenvalue weighted by atomic mass is 10.0. The van der Waals surface area contributed by atoms with Crippen LogP contribution in [0.1, 0.15) is 35.7 Å². The molecule has 2 aromatic carbocycles. The van der Waals surface area contributed by atoms with E-state index in [1.165, 1.54) is 5.56 Å². The summed E-state index contributed by atoms with van der Waals surface area (Å²) in [5.74, 6) is 0.757. The molecule has 4 rings (SSSR count). The van der Waals surface area contributed by atoms with Gasteiger partial charge in [-0.25, -0.2) is 4.98 Å². The van der Waals surface area contributed by atoms with E-state index in [4.69, 9.17) is 4.42 Å². The van der Waals surface area contributed by atoms with E-state index in [0.717, 1.165) is 10.0 Å². The highest BCUT2D eigenvalue weighted by Gasteiger charge is 2.12. The summed E-state index contributed by atoms with van der Waals surface area (Å²) in [6.45, 7) is 4.25. The molecule has 0 spiro atoms. The van der Waals surface area contributed by atoms with Crippen LogP contribution < -0.4 is 5.32 Å². The molecule has 0 unspecified atom stereocenters. The molecule has 0 aliphatic heterocycles. The van der Waals surface area contributed by atoms with Crippen molar-refractivity contribution in [2.45, 2.75) is 19.8 Å². The fraction of sp³-hybridized carbons (Fsp3) is 0.136. The van der Waals surface area contributed by atoms with E-state index >= 15 is 0 Å². The molecule has 28 heavy (non-hydrogen) atoms. The van der Waals surface area contributed by atoms with Crippen molar-refractivity contribution in [1.29, 1.82) is 0 Å². The van der Waals surface area contributed by atoms with E-state index in [2.05, 4.69) is 45.1 Å². The number of carbonyl (C=O) groups is 1. The number of aromatic nitrogens is 2. The van der Waals surface area contributed by atoms with Crippen LogP contribution >= 0.6 is 15.9 Å². The van der Waals surface area contributed by atoms with Gasteiger partial charge < -0.3 is 9.73 Å². The quantitative estimate of drug-likeness (QED) is 0.424. The Morgan fingerprint density at radius 2 is 1.86 bits per heavy atom. The van der Waals surface area contributed by atoms with E-state index in [9.17, 15) is 4.79 Å². The van der Waals surface area contributed by atoms with Crippen LogP contribution in [0.15, 0.2) is 69.8 Å². The Bertz CT molecular complexity index is 1150. The molecule has 2 heterocycles. The normalized spacial score (nSPS) is 11.1. The number of halogens is 1. The first-order valence-corrected chi connectivity index (χ1v) is 9.72. The summed E-state index contributed by atoms with van der Waals surface area (Å²) in [4.78, 5) is 21.2. The van der Waals surface area contributed by atoms with Crippen molar-refractivity contribution in [1.82, 2.24) is 9.97 Å². The number of amides is 1. The summed E-state index contributed by atoms with van der Waals surface area (Å²) in [6, 6.07) is 15.0. The predicted octanol–water partition coefficient (Wildman–Crippen LogP) is 6.03. The van der Waals surface area contributed by atoms with Crippen LogP contribution in [0.5, 0.6) is 0 Å². The number of hydrogen-bond donors (Lipinski definition) is 1. The highest BCUT2D eigenvalue weighted by Crippen LogP contribution is 2.27. The number of nitrogens with one attached hydrogen (secondary N) is 1. The number of benzene rings is 2. The van der Waals surface area contributed by atoms with Gasteiger partial charge in [-0.15, -0.1) is 0 Å². The number of fused-ring (bicyclic) bond motifs is 1. The van der Waals surface area contributed by atoms with Crippen LogP contribution in [0.2, 0.25) is 0 Å². The van der Waals surface area contributed by atoms with Gasteiger partial charge >= 0.3 is 0 Å². The van der Waals surface area contributed by atoms with Crippen LogP contribution in [-0.4, -0.2) is 15.9 Å². The summed E-state index contributed by atoms with van der Waals surface area (Å²) < 4.78 is 6.66. The molecule has 1 amide bonds. The zero-order valence-corrected chi connectivity index (χ0v) is 17.0. The fourth-order valence-electron chi connectivity index (χ4n) is 2.88. The Labute approximate surface area is 170 Å². The number of oxazole rings is 1. The van der Waals surface area contributed by atoms with E-state index in [1.54, 1.807) is 30.6 Å². The first kappa shape index (κ1) is 18.4. The maximum absolute atomic E-state index is 12.5. The molecule has 0 atom stereocenters. The number of anilines is 1. The van der Waals surface area contributed by atoms with Crippen molar-refractivity contribution in [2.75, 3.05) is 5.32 Å². The zero-order chi connectivity index (χ0) is 19.7. The van der Waals surface area contributed by atoms with Crippen molar-refractivity contribution in [3.05, 3.63) is 76.5 Å². The molecule has 0 fully saturated rings. The molecule has 4 aromatic rings. The molecule has 0 bridgehead atoms. The summed E-state index contributed by atoms with van der Waals surface area (Å²) >= 11 is 3.40. The van der Waals surface area contributed by atoms with Crippen molar-refractivity contribution >= 4 is 38.6 Å². The van der Waals surface area contributed by atoms with E-state index in [-0.39, 0.29) is 5.91 Å². The molecule has 2 aromatic heterocycles. The monoisotopic (exact) mass is 435 g/mol. The van der Waals surface area contributed by atoms with Gasteiger partial charge in [-0.3, -0.25) is 9.78 Å². The molecule has 5 nitrogen and oxygen atoms in total. The van der Waals surface area contributed by atoms with Gasteiger partial charge in [-0.05, 0) is 63.8 Å². The lowest BCUT2D eigenvalue weighted by Crippen LogP contribution is -2.11.